The van der Waals surface area contributed by atoms with Crippen molar-refractivity contribution in [1.29, 1.82) is 0 Å². The van der Waals surface area contributed by atoms with Crippen molar-refractivity contribution < 1.29 is 30.3 Å². The second-order valence-corrected chi connectivity index (χ2v) is 8.34. The quantitative estimate of drug-likeness (QED) is 0.122. The smallest absolute Gasteiger partial charge is 0.0564 e. The Labute approximate surface area is 228 Å². The van der Waals surface area contributed by atoms with E-state index in [9.17, 15) is 5.11 Å². The number of benzene rings is 2. The average molecular weight is 657 g/mol. The van der Waals surface area contributed by atoms with Crippen LogP contribution in [0.2, 0.25) is 0 Å². The summed E-state index contributed by atoms with van der Waals surface area (Å²) >= 11 is 0. The number of unbranched alkanes of at least 4 members (excludes halogenated alkanes) is 1. The maximum absolute atomic E-state index is 9.25. The number of hydrogen-bond donors (Lipinski definition) is 2. The maximum Gasteiger partial charge on any atom is 0.0564 e. The molecule has 36 heavy (non-hydrogen) atoms. The van der Waals surface area contributed by atoms with Gasteiger partial charge in [0, 0.05) is 43.9 Å². The summed E-state index contributed by atoms with van der Waals surface area (Å²) in [4.78, 5) is 8.79. The van der Waals surface area contributed by atoms with Crippen LogP contribution >= 0.6 is 0 Å². The molecule has 5 heteroatoms. The van der Waals surface area contributed by atoms with E-state index < -0.39 is 6.10 Å². The van der Waals surface area contributed by atoms with Crippen molar-refractivity contribution in [2.75, 3.05) is 0 Å². The summed E-state index contributed by atoms with van der Waals surface area (Å²) in [6.45, 7) is 5.28. The number of rotatable bonds is 9. The van der Waals surface area contributed by atoms with Gasteiger partial charge in [-0.3, -0.25) is 9.97 Å². The van der Waals surface area contributed by atoms with E-state index in [-0.39, 0.29) is 26.2 Å². The Bertz CT molecular complexity index is 1090. The van der Waals surface area contributed by atoms with Gasteiger partial charge in [0.25, 0.3) is 0 Å². The van der Waals surface area contributed by atoms with Gasteiger partial charge in [-0.1, -0.05) is 30.3 Å². The van der Waals surface area contributed by atoms with E-state index in [1.54, 1.807) is 19.3 Å². The molecule has 4 rings (SSSR count). The van der Waals surface area contributed by atoms with Crippen molar-refractivity contribution in [2.24, 2.45) is 0 Å². The predicted octanol–water partition coefficient (Wildman–Crippen LogP) is 6.55. The standard InChI is InChI=1S/C22H14N2.C9H18O2.Ir/c1-3-13-23-21(11-1)19-9-5-7-17(15-19)18-8-6-10-20(16-18)22-12-2-4-14-24-22;1-3-4-5-6-9(11)7-8(2)10;/h1-14H;3,8-11H,1,4-7H2,2H3;/q-2;;. The molecule has 2 N–H and O–H groups in total. The predicted molar refractivity (Wildman–Crippen MR) is 142 cm³/mol. The molecular formula is C31H32IrN2O2-2. The van der Waals surface area contributed by atoms with Crippen LogP contribution in [0.3, 0.4) is 0 Å². The summed E-state index contributed by atoms with van der Waals surface area (Å²) in [5, 5.41) is 18.2. The molecule has 0 aliphatic heterocycles. The first kappa shape index (κ1) is 29.3. The summed E-state index contributed by atoms with van der Waals surface area (Å²) in [6, 6.07) is 30.8. The summed E-state index contributed by atoms with van der Waals surface area (Å²) in [6.07, 6.45) is 7.83. The number of pyridine rings is 2. The fraction of sp³-hybridized carbons (Fsp3) is 0.226. The van der Waals surface area contributed by atoms with E-state index in [0.29, 0.717) is 6.42 Å². The first-order valence-electron chi connectivity index (χ1n) is 11.9. The monoisotopic (exact) mass is 657 g/mol. The Balaban J connectivity index is 0.000000327. The second-order valence-electron chi connectivity index (χ2n) is 8.34. The van der Waals surface area contributed by atoms with Gasteiger partial charge in [0.1, 0.15) is 0 Å². The number of aliphatic hydroxyl groups excluding tert-OH is 2. The van der Waals surface area contributed by atoms with E-state index >= 15 is 0 Å². The molecule has 2 unspecified atom stereocenters. The number of hydrogen-bond acceptors (Lipinski definition) is 4. The molecule has 0 bridgehead atoms. The molecule has 0 spiro atoms. The van der Waals surface area contributed by atoms with Crippen LogP contribution in [0.4, 0.5) is 0 Å². The van der Waals surface area contributed by atoms with E-state index in [1.165, 1.54) is 0 Å². The summed E-state index contributed by atoms with van der Waals surface area (Å²) in [5.74, 6) is 0. The fourth-order valence-electron chi connectivity index (χ4n) is 3.60. The Hall–Kier alpha value is -2.95. The molecule has 0 amide bonds. The second kappa shape index (κ2) is 15.9. The molecule has 2 heterocycles. The first-order chi connectivity index (χ1) is 17.1. The van der Waals surface area contributed by atoms with Gasteiger partial charge in [0.15, 0.2) is 0 Å². The molecule has 189 valence electrons. The Morgan fingerprint density at radius 1 is 0.778 bits per heavy atom. The van der Waals surface area contributed by atoms with E-state index in [4.69, 9.17) is 5.11 Å². The van der Waals surface area contributed by atoms with Crippen LogP contribution in [0, 0.1) is 12.1 Å². The zero-order valence-electron chi connectivity index (χ0n) is 20.5. The Morgan fingerprint density at radius 2 is 1.28 bits per heavy atom. The Morgan fingerprint density at radius 3 is 1.69 bits per heavy atom. The van der Waals surface area contributed by atoms with Crippen molar-refractivity contribution in [3.63, 3.8) is 0 Å². The molecule has 4 nitrogen and oxygen atoms in total. The van der Waals surface area contributed by atoms with E-state index in [1.807, 2.05) is 78.9 Å². The van der Waals surface area contributed by atoms with Gasteiger partial charge in [-0.05, 0) is 44.7 Å². The minimum Gasteiger partial charge on any atom is -0.393 e. The third-order valence-electron chi connectivity index (χ3n) is 5.32. The molecule has 2 aromatic heterocycles. The van der Waals surface area contributed by atoms with Crippen LogP contribution < -0.4 is 0 Å². The minimum atomic E-state index is -0.395. The molecule has 4 aromatic rings. The van der Waals surface area contributed by atoms with Crippen LogP contribution in [0.5, 0.6) is 0 Å². The number of aromatic nitrogens is 2. The zero-order valence-corrected chi connectivity index (χ0v) is 22.9. The van der Waals surface area contributed by atoms with Crippen LogP contribution in [-0.2, 0) is 20.1 Å². The van der Waals surface area contributed by atoms with Crippen LogP contribution in [-0.4, -0.2) is 32.4 Å². The van der Waals surface area contributed by atoms with Crippen molar-refractivity contribution in [2.45, 2.75) is 44.8 Å². The van der Waals surface area contributed by atoms with Gasteiger partial charge in [-0.2, -0.15) is 35.4 Å². The molecule has 0 aliphatic carbocycles. The van der Waals surface area contributed by atoms with Crippen molar-refractivity contribution >= 4 is 0 Å². The molecule has 0 fully saturated rings. The maximum atomic E-state index is 9.25. The topological polar surface area (TPSA) is 66.2 Å². The van der Waals surface area contributed by atoms with Crippen LogP contribution in [0.1, 0.15) is 32.6 Å². The molecule has 2 aromatic carbocycles. The number of allylic oxidation sites excluding steroid dienone is 1. The average Bonchev–Trinajstić information content (AvgIpc) is 2.90. The SMILES string of the molecule is C=CCCCC(O)CC(C)O.[Ir].[c-]1c(-c2[c-]c(-c3ccccn3)ccc2)cccc1-c1ccccn1. The van der Waals surface area contributed by atoms with Gasteiger partial charge < -0.3 is 10.2 Å². The largest absolute Gasteiger partial charge is 0.393 e. The zero-order chi connectivity index (χ0) is 24.9. The molecule has 1 radical (unpaired) electrons. The van der Waals surface area contributed by atoms with Gasteiger partial charge >= 0.3 is 0 Å². The van der Waals surface area contributed by atoms with E-state index in [0.717, 1.165) is 52.9 Å². The van der Waals surface area contributed by atoms with Gasteiger partial charge in [0.05, 0.1) is 12.2 Å². The number of aliphatic hydroxyl groups is 2. The summed E-state index contributed by atoms with van der Waals surface area (Å²) in [5.41, 5.74) is 5.78. The van der Waals surface area contributed by atoms with Crippen LogP contribution in [0.25, 0.3) is 33.6 Å². The number of nitrogens with zero attached hydrogens (tertiary/aromatic N) is 2. The summed E-state index contributed by atoms with van der Waals surface area (Å²) < 4.78 is 0. The first-order valence-corrected chi connectivity index (χ1v) is 11.9. The van der Waals surface area contributed by atoms with Gasteiger partial charge in [0.2, 0.25) is 0 Å². The van der Waals surface area contributed by atoms with Gasteiger partial charge in [-0.15, -0.1) is 42.0 Å². The summed E-state index contributed by atoms with van der Waals surface area (Å²) in [7, 11) is 0. The minimum absolute atomic E-state index is 0. The Kier molecular flexibility index (Phi) is 13.0. The normalized spacial score (nSPS) is 11.9. The van der Waals surface area contributed by atoms with E-state index in [2.05, 4.69) is 28.7 Å². The molecule has 0 aliphatic rings. The van der Waals surface area contributed by atoms with Crippen molar-refractivity contribution in [1.82, 2.24) is 9.97 Å². The fourth-order valence-corrected chi connectivity index (χ4v) is 3.60. The molecular weight excluding hydrogens is 625 g/mol. The third-order valence-corrected chi connectivity index (χ3v) is 5.32. The van der Waals surface area contributed by atoms with Crippen molar-refractivity contribution in [3.05, 3.63) is 110 Å². The van der Waals surface area contributed by atoms with Crippen molar-refractivity contribution in [3.8, 4) is 33.6 Å². The van der Waals surface area contributed by atoms with Crippen LogP contribution in [0.15, 0.2) is 97.8 Å². The molecule has 2 atom stereocenters. The molecule has 0 saturated carbocycles. The molecule has 0 saturated heterocycles. The third kappa shape index (κ3) is 9.60. The van der Waals surface area contributed by atoms with Gasteiger partial charge in [-0.25, -0.2) is 0 Å².